The van der Waals surface area contributed by atoms with Gasteiger partial charge in [-0.25, -0.2) is 0 Å². The third-order valence-corrected chi connectivity index (χ3v) is 4.05. The van der Waals surface area contributed by atoms with Gasteiger partial charge in [-0.1, -0.05) is 33.3 Å². The second kappa shape index (κ2) is 6.86. The molecular weight excluding hydrogens is 386 g/mol. The van der Waals surface area contributed by atoms with E-state index in [2.05, 4.69) is 31.6 Å². The van der Waals surface area contributed by atoms with E-state index >= 15 is 0 Å². The number of halogens is 1. The SMILES string of the molecule is CC(=O)c1cccc(NC(=O)c2nnn(-c3ccc(Br)cc3)c2N)c1. The Balaban J connectivity index is 1.85. The van der Waals surface area contributed by atoms with Gasteiger partial charge in [0, 0.05) is 15.7 Å². The lowest BCUT2D eigenvalue weighted by atomic mass is 10.1. The Kier molecular flexibility index (Phi) is 4.62. The largest absolute Gasteiger partial charge is 0.382 e. The van der Waals surface area contributed by atoms with Crippen LogP contribution in [0.5, 0.6) is 0 Å². The van der Waals surface area contributed by atoms with Crippen LogP contribution in [0.4, 0.5) is 11.5 Å². The van der Waals surface area contributed by atoms with Crippen molar-refractivity contribution in [2.45, 2.75) is 6.92 Å². The Bertz CT molecular complexity index is 950. The van der Waals surface area contributed by atoms with E-state index in [-0.39, 0.29) is 17.3 Å². The van der Waals surface area contributed by atoms with Crippen LogP contribution in [0.3, 0.4) is 0 Å². The molecule has 0 spiro atoms. The number of carbonyl (C=O) groups is 2. The maximum absolute atomic E-state index is 12.4. The average Bonchev–Trinajstić information content (AvgIpc) is 2.97. The first-order valence-electron chi connectivity index (χ1n) is 7.35. The summed E-state index contributed by atoms with van der Waals surface area (Å²) in [4.78, 5) is 23.8. The smallest absolute Gasteiger partial charge is 0.280 e. The number of anilines is 2. The first-order chi connectivity index (χ1) is 12.0. The first-order valence-corrected chi connectivity index (χ1v) is 8.14. The first kappa shape index (κ1) is 16.8. The summed E-state index contributed by atoms with van der Waals surface area (Å²) in [5, 5.41) is 10.5. The molecule has 3 aromatic rings. The Morgan fingerprint density at radius 2 is 1.88 bits per heavy atom. The number of benzene rings is 2. The minimum Gasteiger partial charge on any atom is -0.382 e. The van der Waals surface area contributed by atoms with E-state index < -0.39 is 5.91 Å². The van der Waals surface area contributed by atoms with Crippen LogP contribution in [0.1, 0.15) is 27.8 Å². The number of nitrogen functional groups attached to an aromatic ring is 1. The highest BCUT2D eigenvalue weighted by atomic mass is 79.9. The van der Waals surface area contributed by atoms with Crippen LogP contribution in [0.15, 0.2) is 53.0 Å². The minimum absolute atomic E-state index is 0.0103. The maximum atomic E-state index is 12.4. The van der Waals surface area contributed by atoms with Crippen molar-refractivity contribution in [2.24, 2.45) is 0 Å². The number of ketones is 1. The van der Waals surface area contributed by atoms with Gasteiger partial charge in [-0.05, 0) is 43.3 Å². The standard InChI is InChI=1S/C17H14BrN5O2/c1-10(24)11-3-2-4-13(9-11)20-17(25)15-16(19)23(22-21-15)14-7-5-12(18)6-8-14/h2-9H,19H2,1H3,(H,20,25). The number of nitrogens with one attached hydrogen (secondary N) is 1. The molecule has 1 aromatic heterocycles. The normalized spacial score (nSPS) is 10.5. The average molecular weight is 400 g/mol. The fourth-order valence-electron chi connectivity index (χ4n) is 2.23. The van der Waals surface area contributed by atoms with E-state index in [4.69, 9.17) is 5.73 Å². The maximum Gasteiger partial charge on any atom is 0.280 e. The lowest BCUT2D eigenvalue weighted by molar-refractivity contribution is 0.100. The second-order valence-corrected chi connectivity index (χ2v) is 6.22. The van der Waals surface area contributed by atoms with Crippen molar-refractivity contribution in [3.05, 3.63) is 64.3 Å². The highest BCUT2D eigenvalue weighted by molar-refractivity contribution is 9.10. The van der Waals surface area contributed by atoms with Crippen molar-refractivity contribution < 1.29 is 9.59 Å². The minimum atomic E-state index is -0.499. The molecule has 2 aromatic carbocycles. The number of hydrogen-bond acceptors (Lipinski definition) is 5. The van der Waals surface area contributed by atoms with Gasteiger partial charge in [-0.3, -0.25) is 9.59 Å². The molecule has 0 radical (unpaired) electrons. The summed E-state index contributed by atoms with van der Waals surface area (Å²) in [6.45, 7) is 1.46. The molecular formula is C17H14BrN5O2. The Labute approximate surface area is 152 Å². The molecule has 1 heterocycles. The number of aromatic nitrogens is 3. The zero-order valence-electron chi connectivity index (χ0n) is 13.2. The Morgan fingerprint density at radius 1 is 1.16 bits per heavy atom. The molecule has 0 aliphatic rings. The molecule has 8 heteroatoms. The molecule has 0 unspecified atom stereocenters. The molecule has 3 rings (SSSR count). The molecule has 0 fully saturated rings. The lowest BCUT2D eigenvalue weighted by Crippen LogP contribution is -2.15. The van der Waals surface area contributed by atoms with Crippen LogP contribution >= 0.6 is 15.9 Å². The number of rotatable bonds is 4. The van der Waals surface area contributed by atoms with Gasteiger partial charge in [0.1, 0.15) is 0 Å². The van der Waals surface area contributed by atoms with E-state index in [9.17, 15) is 9.59 Å². The van der Waals surface area contributed by atoms with Crippen molar-refractivity contribution in [1.29, 1.82) is 0 Å². The fourth-order valence-corrected chi connectivity index (χ4v) is 2.49. The summed E-state index contributed by atoms with van der Waals surface area (Å²) in [6, 6.07) is 13.9. The Hall–Kier alpha value is -3.00. The molecule has 126 valence electrons. The van der Waals surface area contributed by atoms with Crippen molar-refractivity contribution in [1.82, 2.24) is 15.0 Å². The number of carbonyl (C=O) groups excluding carboxylic acids is 2. The van der Waals surface area contributed by atoms with Gasteiger partial charge in [-0.15, -0.1) is 5.10 Å². The van der Waals surface area contributed by atoms with Gasteiger partial charge < -0.3 is 11.1 Å². The second-order valence-electron chi connectivity index (χ2n) is 5.30. The lowest BCUT2D eigenvalue weighted by Gasteiger charge is -2.06. The molecule has 3 N–H and O–H groups in total. The quantitative estimate of drug-likeness (QED) is 0.656. The third kappa shape index (κ3) is 3.58. The van der Waals surface area contributed by atoms with Crippen molar-refractivity contribution in [3.63, 3.8) is 0 Å². The van der Waals surface area contributed by atoms with Gasteiger partial charge in [0.2, 0.25) is 0 Å². The van der Waals surface area contributed by atoms with Crippen LogP contribution in [0.2, 0.25) is 0 Å². The van der Waals surface area contributed by atoms with Gasteiger partial charge in [0.05, 0.1) is 5.69 Å². The molecule has 25 heavy (non-hydrogen) atoms. The summed E-state index contributed by atoms with van der Waals surface area (Å²) in [7, 11) is 0. The summed E-state index contributed by atoms with van der Waals surface area (Å²) >= 11 is 3.35. The molecule has 0 aliphatic heterocycles. The highest BCUT2D eigenvalue weighted by Crippen LogP contribution is 2.19. The van der Waals surface area contributed by atoms with Crippen molar-refractivity contribution in [2.75, 3.05) is 11.1 Å². The van der Waals surface area contributed by atoms with E-state index in [1.165, 1.54) is 11.6 Å². The number of hydrogen-bond donors (Lipinski definition) is 2. The fraction of sp³-hybridized carbons (Fsp3) is 0.0588. The van der Waals surface area contributed by atoms with E-state index in [0.717, 1.165) is 4.47 Å². The van der Waals surface area contributed by atoms with E-state index in [0.29, 0.717) is 16.9 Å². The van der Waals surface area contributed by atoms with Crippen LogP contribution in [-0.2, 0) is 0 Å². The molecule has 0 bridgehead atoms. The monoisotopic (exact) mass is 399 g/mol. The molecule has 0 saturated carbocycles. The number of nitrogens with zero attached hydrogens (tertiary/aromatic N) is 3. The molecule has 7 nitrogen and oxygen atoms in total. The third-order valence-electron chi connectivity index (χ3n) is 3.52. The van der Waals surface area contributed by atoms with Gasteiger partial charge in [-0.2, -0.15) is 4.68 Å². The van der Waals surface area contributed by atoms with Crippen LogP contribution in [-0.4, -0.2) is 26.7 Å². The highest BCUT2D eigenvalue weighted by Gasteiger charge is 2.18. The zero-order valence-corrected chi connectivity index (χ0v) is 14.8. The van der Waals surface area contributed by atoms with Crippen LogP contribution in [0.25, 0.3) is 5.69 Å². The number of Topliss-reactive ketones (excluding diaryl/α,β-unsaturated/α-hetero) is 1. The summed E-state index contributed by atoms with van der Waals surface area (Å²) in [5.41, 5.74) is 7.70. The molecule has 1 amide bonds. The number of amides is 1. The molecule has 0 aliphatic carbocycles. The van der Waals surface area contributed by atoms with E-state index in [1.54, 1.807) is 36.4 Å². The van der Waals surface area contributed by atoms with Gasteiger partial charge in [0.25, 0.3) is 5.91 Å². The molecule has 0 atom stereocenters. The predicted octanol–water partition coefficient (Wildman–Crippen LogP) is 3.07. The summed E-state index contributed by atoms with van der Waals surface area (Å²) < 4.78 is 2.30. The van der Waals surface area contributed by atoms with E-state index in [1.807, 2.05) is 12.1 Å². The Morgan fingerprint density at radius 3 is 2.56 bits per heavy atom. The zero-order chi connectivity index (χ0) is 18.0. The summed E-state index contributed by atoms with van der Waals surface area (Å²) in [6.07, 6.45) is 0. The number of nitrogens with two attached hydrogens (primary N) is 1. The topological polar surface area (TPSA) is 103 Å². The van der Waals surface area contributed by atoms with Gasteiger partial charge in [0.15, 0.2) is 17.3 Å². The van der Waals surface area contributed by atoms with Crippen LogP contribution in [0, 0.1) is 0 Å². The van der Waals surface area contributed by atoms with Crippen molar-refractivity contribution >= 4 is 39.1 Å². The summed E-state index contributed by atoms with van der Waals surface area (Å²) in [5.74, 6) is -0.457. The molecule has 0 saturated heterocycles. The predicted molar refractivity (Wildman–Crippen MR) is 97.9 cm³/mol. The van der Waals surface area contributed by atoms with Crippen molar-refractivity contribution in [3.8, 4) is 5.69 Å². The van der Waals surface area contributed by atoms with Gasteiger partial charge >= 0.3 is 0 Å². The van der Waals surface area contributed by atoms with Crippen LogP contribution < -0.4 is 11.1 Å².